The highest BCUT2D eigenvalue weighted by Gasteiger charge is 2.27. The van der Waals surface area contributed by atoms with Crippen LogP contribution in [0, 0.1) is 0 Å². The summed E-state index contributed by atoms with van der Waals surface area (Å²) in [7, 11) is 0. The lowest BCUT2D eigenvalue weighted by Gasteiger charge is -2.29. The maximum absolute atomic E-state index is 12.8. The highest BCUT2D eigenvalue weighted by Crippen LogP contribution is 2.33. The van der Waals surface area contributed by atoms with Crippen LogP contribution in [0.4, 0.5) is 0 Å². The number of fused-ring (bicyclic) bond motifs is 1. The molecule has 0 radical (unpaired) electrons. The average molecular weight is 517 g/mol. The summed E-state index contributed by atoms with van der Waals surface area (Å²) >= 11 is 0. The van der Waals surface area contributed by atoms with Gasteiger partial charge >= 0.3 is 0 Å². The second-order valence-corrected chi connectivity index (χ2v) is 11.0. The van der Waals surface area contributed by atoms with Crippen LogP contribution in [0.15, 0.2) is 18.2 Å². The molecule has 2 atom stereocenters. The lowest BCUT2D eigenvalue weighted by Crippen LogP contribution is -2.46. The van der Waals surface area contributed by atoms with Gasteiger partial charge in [-0.1, -0.05) is 90.0 Å². The van der Waals surface area contributed by atoms with E-state index in [1.54, 1.807) is 0 Å². The first-order valence-electron chi connectivity index (χ1n) is 15.3. The van der Waals surface area contributed by atoms with Crippen LogP contribution in [0.25, 0.3) is 0 Å². The molecule has 0 spiro atoms. The SMILES string of the molecule is CCCCCCCCCCCCCCCC(=O)N[C@@H](CN1CCCC1)C(O)c1ccc2c(c1)OCCO2. The van der Waals surface area contributed by atoms with Gasteiger partial charge < -0.3 is 24.8 Å². The predicted molar refractivity (Wildman–Crippen MR) is 150 cm³/mol. The van der Waals surface area contributed by atoms with Gasteiger partial charge in [-0.15, -0.1) is 0 Å². The van der Waals surface area contributed by atoms with E-state index in [9.17, 15) is 9.90 Å². The molecule has 2 heterocycles. The van der Waals surface area contributed by atoms with E-state index in [-0.39, 0.29) is 11.9 Å². The Hall–Kier alpha value is -1.79. The van der Waals surface area contributed by atoms with Crippen molar-refractivity contribution in [3.8, 4) is 11.5 Å². The van der Waals surface area contributed by atoms with Crippen molar-refractivity contribution < 1.29 is 19.4 Å². The Balaban J connectivity index is 1.34. The van der Waals surface area contributed by atoms with Gasteiger partial charge in [-0.25, -0.2) is 0 Å². The molecule has 0 aliphatic carbocycles. The fourth-order valence-electron chi connectivity index (χ4n) is 5.53. The van der Waals surface area contributed by atoms with Crippen LogP contribution < -0.4 is 14.8 Å². The number of hydrogen-bond acceptors (Lipinski definition) is 5. The normalized spacial score (nSPS) is 17.0. The first-order chi connectivity index (χ1) is 18.2. The Kier molecular flexibility index (Phi) is 14.2. The maximum atomic E-state index is 12.8. The van der Waals surface area contributed by atoms with Crippen molar-refractivity contribution in [2.24, 2.45) is 0 Å². The first kappa shape index (κ1) is 29.8. The summed E-state index contributed by atoms with van der Waals surface area (Å²) in [5.41, 5.74) is 0.759. The fraction of sp³-hybridized carbons (Fsp3) is 0.774. The second kappa shape index (κ2) is 17.7. The van der Waals surface area contributed by atoms with E-state index in [1.165, 1.54) is 83.5 Å². The second-order valence-electron chi connectivity index (χ2n) is 11.0. The molecular formula is C31H52N2O4. The molecule has 2 N–H and O–H groups in total. The van der Waals surface area contributed by atoms with Gasteiger partial charge in [0.25, 0.3) is 0 Å². The van der Waals surface area contributed by atoms with Crippen LogP contribution in [0.5, 0.6) is 11.5 Å². The molecule has 3 rings (SSSR count). The molecule has 210 valence electrons. The number of amides is 1. The van der Waals surface area contributed by atoms with Gasteiger partial charge in [0.05, 0.1) is 6.04 Å². The van der Waals surface area contributed by atoms with Crippen LogP contribution in [0.3, 0.4) is 0 Å². The third-order valence-corrected chi connectivity index (χ3v) is 7.80. The third-order valence-electron chi connectivity index (χ3n) is 7.80. The van der Waals surface area contributed by atoms with Crippen molar-refractivity contribution in [1.82, 2.24) is 10.2 Å². The Morgan fingerprint density at radius 2 is 1.43 bits per heavy atom. The molecule has 1 aromatic rings. The smallest absolute Gasteiger partial charge is 0.220 e. The monoisotopic (exact) mass is 516 g/mol. The van der Waals surface area contributed by atoms with Crippen LogP contribution in [0.2, 0.25) is 0 Å². The molecule has 1 aromatic carbocycles. The van der Waals surface area contributed by atoms with Crippen LogP contribution >= 0.6 is 0 Å². The van der Waals surface area contributed by atoms with Gasteiger partial charge in [-0.2, -0.15) is 0 Å². The molecule has 6 heteroatoms. The predicted octanol–water partition coefficient (Wildman–Crippen LogP) is 6.55. The summed E-state index contributed by atoms with van der Waals surface area (Å²) in [6, 6.07) is 5.26. The Labute approximate surface area is 225 Å². The summed E-state index contributed by atoms with van der Waals surface area (Å²) in [5.74, 6) is 1.43. The molecule has 1 fully saturated rings. The van der Waals surface area contributed by atoms with Crippen LogP contribution in [-0.4, -0.2) is 54.8 Å². The number of rotatable bonds is 19. The molecule has 37 heavy (non-hydrogen) atoms. The number of aliphatic hydroxyl groups is 1. The van der Waals surface area contributed by atoms with Gasteiger partial charge in [0.15, 0.2) is 11.5 Å². The summed E-state index contributed by atoms with van der Waals surface area (Å²) < 4.78 is 11.3. The Bertz CT molecular complexity index is 766. The van der Waals surface area contributed by atoms with E-state index in [4.69, 9.17) is 9.47 Å². The number of likely N-dealkylation sites (tertiary alicyclic amines) is 1. The number of nitrogens with one attached hydrogen (secondary N) is 1. The summed E-state index contributed by atoms with van der Waals surface area (Å²) in [4.78, 5) is 15.2. The van der Waals surface area contributed by atoms with Gasteiger partial charge in [-0.05, 0) is 50.0 Å². The van der Waals surface area contributed by atoms with Crippen molar-refractivity contribution in [1.29, 1.82) is 0 Å². The summed E-state index contributed by atoms with van der Waals surface area (Å²) in [6.07, 6.45) is 19.0. The van der Waals surface area contributed by atoms with Gasteiger partial charge in [-0.3, -0.25) is 4.79 Å². The molecular weight excluding hydrogens is 464 g/mol. The van der Waals surface area contributed by atoms with E-state index >= 15 is 0 Å². The summed E-state index contributed by atoms with van der Waals surface area (Å²) in [6.45, 7) is 6.05. The zero-order valence-corrected chi connectivity index (χ0v) is 23.4. The molecule has 1 unspecified atom stereocenters. The molecule has 1 amide bonds. The van der Waals surface area contributed by atoms with Crippen LogP contribution in [0.1, 0.15) is 121 Å². The Morgan fingerprint density at radius 1 is 0.865 bits per heavy atom. The number of carbonyl (C=O) groups is 1. The zero-order valence-electron chi connectivity index (χ0n) is 23.4. The third kappa shape index (κ3) is 11.2. The Morgan fingerprint density at radius 3 is 2.05 bits per heavy atom. The number of nitrogens with zero attached hydrogens (tertiary/aromatic N) is 1. The van der Waals surface area contributed by atoms with Crippen molar-refractivity contribution >= 4 is 5.91 Å². The van der Waals surface area contributed by atoms with Crippen molar-refractivity contribution in [2.75, 3.05) is 32.8 Å². The first-order valence-corrected chi connectivity index (χ1v) is 15.3. The van der Waals surface area contributed by atoms with E-state index in [0.29, 0.717) is 37.7 Å². The zero-order chi connectivity index (χ0) is 26.1. The molecule has 6 nitrogen and oxygen atoms in total. The number of benzene rings is 1. The van der Waals surface area contributed by atoms with Gasteiger partial charge in [0, 0.05) is 13.0 Å². The standard InChI is InChI=1S/C31H52N2O4/c1-2-3-4-5-6-7-8-9-10-11-12-13-14-17-30(34)32-27(25-33-20-15-16-21-33)31(35)26-18-19-28-29(24-26)37-23-22-36-28/h18-19,24,27,31,35H,2-17,20-23,25H2,1H3,(H,32,34)/t27-,31?/m0/s1. The van der Waals surface area contributed by atoms with E-state index in [2.05, 4.69) is 17.1 Å². The maximum Gasteiger partial charge on any atom is 0.220 e. The largest absolute Gasteiger partial charge is 0.486 e. The van der Waals surface area contributed by atoms with Crippen molar-refractivity contribution in [2.45, 2.75) is 122 Å². The lowest BCUT2D eigenvalue weighted by atomic mass is 10.0. The number of carbonyl (C=O) groups excluding carboxylic acids is 1. The molecule has 2 aliphatic heterocycles. The van der Waals surface area contributed by atoms with Crippen LogP contribution in [-0.2, 0) is 4.79 Å². The molecule has 2 aliphatic rings. The number of ether oxygens (including phenoxy) is 2. The van der Waals surface area contributed by atoms with Crippen molar-refractivity contribution in [3.63, 3.8) is 0 Å². The fourth-order valence-corrected chi connectivity index (χ4v) is 5.53. The van der Waals surface area contributed by atoms with Gasteiger partial charge in [0.1, 0.15) is 19.3 Å². The van der Waals surface area contributed by atoms with E-state index < -0.39 is 6.10 Å². The molecule has 1 saturated heterocycles. The number of aliphatic hydroxyl groups excluding tert-OH is 1. The van der Waals surface area contributed by atoms with E-state index in [0.717, 1.165) is 31.5 Å². The minimum Gasteiger partial charge on any atom is -0.486 e. The minimum atomic E-state index is -0.785. The molecule has 0 saturated carbocycles. The number of unbranched alkanes of at least 4 members (excludes halogenated alkanes) is 12. The number of hydrogen-bond donors (Lipinski definition) is 2. The quantitative estimate of drug-likeness (QED) is 0.204. The molecule has 0 bridgehead atoms. The highest BCUT2D eigenvalue weighted by atomic mass is 16.6. The minimum absolute atomic E-state index is 0.0452. The van der Waals surface area contributed by atoms with Crippen molar-refractivity contribution in [3.05, 3.63) is 23.8 Å². The lowest BCUT2D eigenvalue weighted by molar-refractivity contribution is -0.123. The average Bonchev–Trinajstić information content (AvgIpc) is 3.43. The highest BCUT2D eigenvalue weighted by molar-refractivity contribution is 5.76. The molecule has 0 aromatic heterocycles. The van der Waals surface area contributed by atoms with Gasteiger partial charge in [0.2, 0.25) is 5.91 Å². The summed E-state index contributed by atoms with van der Waals surface area (Å²) in [5, 5.41) is 14.4. The topological polar surface area (TPSA) is 71.0 Å². The van der Waals surface area contributed by atoms with E-state index in [1.807, 2.05) is 18.2 Å².